The van der Waals surface area contributed by atoms with E-state index in [-0.39, 0.29) is 11.5 Å². The number of nitrogens with zero attached hydrogens (tertiary/aromatic N) is 3. The molecule has 2 heterocycles. The van der Waals surface area contributed by atoms with Crippen LogP contribution in [0, 0.1) is 0 Å². The number of H-pyrrole nitrogens is 1. The fourth-order valence-corrected chi connectivity index (χ4v) is 2.52. The molecule has 3 rings (SSSR count). The predicted molar refractivity (Wildman–Crippen MR) is 112 cm³/mol. The zero-order valence-electron chi connectivity index (χ0n) is 16.8. The first-order valence-corrected chi connectivity index (χ1v) is 9.43. The van der Waals surface area contributed by atoms with Crippen molar-refractivity contribution in [1.29, 1.82) is 0 Å². The zero-order valence-corrected chi connectivity index (χ0v) is 16.8. The number of hydrogen-bond donors (Lipinski definition) is 2. The molecule has 10 nitrogen and oxygen atoms in total. The number of methoxy groups -OCH3 is 1. The second-order valence-corrected chi connectivity index (χ2v) is 6.28. The zero-order chi connectivity index (χ0) is 22.1. The van der Waals surface area contributed by atoms with Crippen molar-refractivity contribution in [3.05, 3.63) is 76.5 Å². The first kappa shape index (κ1) is 21.5. The fraction of sp³-hybridized carbons (Fsp3) is 0.190. The molecule has 0 spiro atoms. The lowest BCUT2D eigenvalue weighted by Crippen LogP contribution is -2.31. The molecule has 10 heteroatoms. The van der Waals surface area contributed by atoms with E-state index < -0.39 is 17.4 Å². The lowest BCUT2D eigenvalue weighted by atomic mass is 10.2. The van der Waals surface area contributed by atoms with Crippen LogP contribution in [0.3, 0.4) is 0 Å². The average Bonchev–Trinajstić information content (AvgIpc) is 3.33. The number of carbonyl (C=O) groups is 2. The summed E-state index contributed by atoms with van der Waals surface area (Å²) in [6.45, 7) is 0.712. The second-order valence-electron chi connectivity index (χ2n) is 6.28. The maximum absolute atomic E-state index is 12.2. The van der Waals surface area contributed by atoms with E-state index in [4.69, 9.17) is 4.74 Å². The highest BCUT2D eigenvalue weighted by atomic mass is 16.5. The standard InChI is InChI=1S/C21H21N5O5/c1-30-18(27)9-6-15-4-7-16(8-5-15)31-13-3-10-22-19(28)17-14-23-21(25-20(17)29)26-12-2-11-24-26/h2,4-9,11-12,14H,3,10,13H2,1H3,(H,22,28)(H,23,25,29)/b9-6+. The second kappa shape index (κ2) is 10.5. The van der Waals surface area contributed by atoms with Crippen LogP contribution in [0.4, 0.5) is 0 Å². The fourth-order valence-electron chi connectivity index (χ4n) is 2.52. The molecule has 1 amide bonds. The molecule has 160 valence electrons. The van der Waals surface area contributed by atoms with Gasteiger partial charge in [-0.2, -0.15) is 5.10 Å². The Morgan fingerprint density at radius 1 is 1.26 bits per heavy atom. The maximum Gasteiger partial charge on any atom is 0.330 e. The number of ether oxygens (including phenoxy) is 2. The van der Waals surface area contributed by atoms with Crippen LogP contribution in [-0.4, -0.2) is 51.9 Å². The molecular formula is C21H21N5O5. The third kappa shape index (κ3) is 6.13. The first-order chi connectivity index (χ1) is 15.1. The number of amides is 1. The van der Waals surface area contributed by atoms with Crippen LogP contribution in [0.15, 0.2) is 59.8 Å². The van der Waals surface area contributed by atoms with E-state index in [1.54, 1.807) is 36.7 Å². The first-order valence-electron chi connectivity index (χ1n) is 9.43. The minimum atomic E-state index is -0.546. The molecule has 0 saturated carbocycles. The Morgan fingerprint density at radius 3 is 2.74 bits per heavy atom. The molecule has 0 unspecified atom stereocenters. The van der Waals surface area contributed by atoms with E-state index >= 15 is 0 Å². The summed E-state index contributed by atoms with van der Waals surface area (Å²) in [6.07, 6.45) is 7.93. The van der Waals surface area contributed by atoms with Crippen LogP contribution in [0.1, 0.15) is 22.3 Å². The number of aromatic nitrogens is 4. The quantitative estimate of drug-likeness (QED) is 0.302. The minimum absolute atomic E-state index is 0.0765. The molecule has 2 N–H and O–H groups in total. The minimum Gasteiger partial charge on any atom is -0.494 e. The Balaban J connectivity index is 1.42. The van der Waals surface area contributed by atoms with Crippen molar-refractivity contribution in [1.82, 2.24) is 25.1 Å². The van der Waals surface area contributed by atoms with Crippen molar-refractivity contribution >= 4 is 18.0 Å². The Kier molecular flexibility index (Phi) is 7.30. The molecule has 31 heavy (non-hydrogen) atoms. The van der Waals surface area contributed by atoms with Gasteiger partial charge in [-0.05, 0) is 36.3 Å². The SMILES string of the molecule is COC(=O)/C=C/c1ccc(OCCCNC(=O)c2cnc(-n3cccn3)[nH]c2=O)cc1. The van der Waals surface area contributed by atoms with Gasteiger partial charge in [-0.1, -0.05) is 12.1 Å². The van der Waals surface area contributed by atoms with Gasteiger partial charge in [0.2, 0.25) is 5.95 Å². The van der Waals surface area contributed by atoms with Gasteiger partial charge in [0.05, 0.1) is 13.7 Å². The largest absolute Gasteiger partial charge is 0.494 e. The topological polar surface area (TPSA) is 128 Å². The number of hydrogen-bond acceptors (Lipinski definition) is 7. The van der Waals surface area contributed by atoms with Gasteiger partial charge in [-0.25, -0.2) is 14.5 Å². The highest BCUT2D eigenvalue weighted by Crippen LogP contribution is 2.13. The molecule has 0 aliphatic rings. The number of rotatable bonds is 9. The molecular weight excluding hydrogens is 402 g/mol. The van der Waals surface area contributed by atoms with Crippen molar-refractivity contribution < 1.29 is 19.1 Å². The van der Waals surface area contributed by atoms with Crippen LogP contribution < -0.4 is 15.6 Å². The van der Waals surface area contributed by atoms with Crippen LogP contribution >= 0.6 is 0 Å². The highest BCUT2D eigenvalue weighted by Gasteiger charge is 2.12. The van der Waals surface area contributed by atoms with Gasteiger partial charge in [0, 0.05) is 31.2 Å². The van der Waals surface area contributed by atoms with Gasteiger partial charge in [0.15, 0.2) is 0 Å². The van der Waals surface area contributed by atoms with Crippen molar-refractivity contribution in [3.8, 4) is 11.7 Å². The summed E-state index contributed by atoms with van der Waals surface area (Å²) in [6, 6.07) is 8.87. The average molecular weight is 423 g/mol. The molecule has 0 aliphatic carbocycles. The number of carbonyl (C=O) groups excluding carboxylic acids is 2. The molecule has 1 aromatic carbocycles. The van der Waals surface area contributed by atoms with E-state index in [1.807, 2.05) is 12.1 Å². The molecule has 0 radical (unpaired) electrons. The summed E-state index contributed by atoms with van der Waals surface area (Å²) in [7, 11) is 1.32. The summed E-state index contributed by atoms with van der Waals surface area (Å²) >= 11 is 0. The van der Waals surface area contributed by atoms with E-state index in [1.165, 1.54) is 24.1 Å². The van der Waals surface area contributed by atoms with Gasteiger partial charge < -0.3 is 14.8 Å². The van der Waals surface area contributed by atoms with Gasteiger partial charge in [0.25, 0.3) is 11.5 Å². The van der Waals surface area contributed by atoms with E-state index in [0.717, 1.165) is 5.56 Å². The molecule has 3 aromatic rings. The molecule has 0 atom stereocenters. The van der Waals surface area contributed by atoms with Crippen molar-refractivity contribution in [2.75, 3.05) is 20.3 Å². The Labute approximate surface area is 177 Å². The van der Waals surface area contributed by atoms with Gasteiger partial charge in [-0.3, -0.25) is 14.6 Å². The molecule has 0 saturated heterocycles. The van der Waals surface area contributed by atoms with E-state index in [9.17, 15) is 14.4 Å². The molecule has 0 bridgehead atoms. The third-order valence-electron chi connectivity index (χ3n) is 4.12. The number of nitrogens with one attached hydrogen (secondary N) is 2. The summed E-state index contributed by atoms with van der Waals surface area (Å²) in [5.74, 6) is -0.0420. The summed E-state index contributed by atoms with van der Waals surface area (Å²) in [4.78, 5) is 42.0. The number of aromatic amines is 1. The van der Waals surface area contributed by atoms with Crippen LogP contribution in [0.25, 0.3) is 12.0 Å². The Bertz CT molecular complexity index is 1100. The monoisotopic (exact) mass is 423 g/mol. The predicted octanol–water partition coefficient (Wildman–Crippen LogP) is 1.34. The summed E-state index contributed by atoms with van der Waals surface area (Å²) in [5, 5.41) is 6.64. The summed E-state index contributed by atoms with van der Waals surface area (Å²) in [5.41, 5.74) is 0.213. The van der Waals surface area contributed by atoms with Gasteiger partial charge >= 0.3 is 5.97 Å². The van der Waals surface area contributed by atoms with Crippen LogP contribution in [-0.2, 0) is 9.53 Å². The Morgan fingerprint density at radius 2 is 2.06 bits per heavy atom. The van der Waals surface area contributed by atoms with Gasteiger partial charge in [-0.15, -0.1) is 0 Å². The van der Waals surface area contributed by atoms with E-state index in [0.29, 0.717) is 25.3 Å². The third-order valence-corrected chi connectivity index (χ3v) is 4.12. The van der Waals surface area contributed by atoms with Gasteiger partial charge in [0.1, 0.15) is 11.3 Å². The lowest BCUT2D eigenvalue weighted by molar-refractivity contribution is -0.134. The van der Waals surface area contributed by atoms with Crippen LogP contribution in [0.2, 0.25) is 0 Å². The normalized spacial score (nSPS) is 10.7. The smallest absolute Gasteiger partial charge is 0.330 e. The summed E-state index contributed by atoms with van der Waals surface area (Å²) < 4.78 is 11.5. The lowest BCUT2D eigenvalue weighted by Gasteiger charge is -2.08. The van der Waals surface area contributed by atoms with Crippen molar-refractivity contribution in [3.63, 3.8) is 0 Å². The molecule has 0 aliphatic heterocycles. The highest BCUT2D eigenvalue weighted by molar-refractivity contribution is 5.93. The van der Waals surface area contributed by atoms with Crippen LogP contribution in [0.5, 0.6) is 5.75 Å². The van der Waals surface area contributed by atoms with Crippen molar-refractivity contribution in [2.45, 2.75) is 6.42 Å². The Hall–Kier alpha value is -4.21. The number of esters is 1. The molecule has 0 fully saturated rings. The van der Waals surface area contributed by atoms with Crippen molar-refractivity contribution in [2.24, 2.45) is 0 Å². The number of benzene rings is 1. The maximum atomic E-state index is 12.2. The molecule has 2 aromatic heterocycles. The van der Waals surface area contributed by atoms with E-state index in [2.05, 4.69) is 25.1 Å².